The summed E-state index contributed by atoms with van der Waals surface area (Å²) in [6.45, 7) is 2.16. The second-order valence-corrected chi connectivity index (χ2v) is 4.77. The van der Waals surface area contributed by atoms with Gasteiger partial charge in [-0.25, -0.2) is 0 Å². The Morgan fingerprint density at radius 1 is 1.08 bits per heavy atom. The Morgan fingerprint density at radius 3 is 2.23 bits per heavy atom. The highest BCUT2D eigenvalue weighted by Crippen LogP contribution is 2.32. The molecule has 0 saturated carbocycles. The van der Waals surface area contributed by atoms with E-state index in [2.05, 4.69) is 18.3 Å². The van der Waals surface area contributed by atoms with E-state index >= 15 is 0 Å². The first-order valence-electron chi connectivity index (χ1n) is 3.99. The molecule has 1 atom stereocenters. The van der Waals surface area contributed by atoms with Crippen LogP contribution in [0.25, 0.3) is 0 Å². The van der Waals surface area contributed by atoms with Crippen molar-refractivity contribution in [3.63, 3.8) is 0 Å². The Balaban J connectivity index is 3.12. The molecule has 13 heavy (non-hydrogen) atoms. The maximum absolute atomic E-state index is 5.20. The molecule has 0 saturated heterocycles. The third-order valence-corrected chi connectivity index (χ3v) is 3.24. The van der Waals surface area contributed by atoms with Crippen molar-refractivity contribution in [2.24, 2.45) is 0 Å². The third kappa shape index (κ3) is 2.10. The van der Waals surface area contributed by atoms with E-state index in [0.717, 1.165) is 11.5 Å². The summed E-state index contributed by atoms with van der Waals surface area (Å²) in [7, 11) is 4.26. The zero-order valence-corrected chi connectivity index (χ0v) is 9.38. The molecular weight excluding hydrogens is 187 g/mol. The minimum atomic E-state index is -0.631. The fourth-order valence-corrected chi connectivity index (χ4v) is 2.62. The van der Waals surface area contributed by atoms with Gasteiger partial charge in [-0.1, -0.05) is 7.55 Å². The van der Waals surface area contributed by atoms with Gasteiger partial charge in [-0.2, -0.15) is 0 Å². The van der Waals surface area contributed by atoms with Gasteiger partial charge in [-0.15, -0.1) is 0 Å². The molecule has 74 valence electrons. The second-order valence-electron chi connectivity index (χ2n) is 2.70. The summed E-state index contributed by atoms with van der Waals surface area (Å²) in [4.78, 5) is 0. The van der Waals surface area contributed by atoms with Gasteiger partial charge in [0.15, 0.2) is 11.5 Å². The van der Waals surface area contributed by atoms with Gasteiger partial charge in [-0.05, 0) is 18.3 Å². The molecule has 1 aliphatic heterocycles. The van der Waals surface area contributed by atoms with Crippen molar-refractivity contribution < 1.29 is 14.2 Å². The van der Waals surface area contributed by atoms with Crippen LogP contribution in [-0.2, 0) is 14.2 Å². The molecule has 0 aromatic heterocycles. The minimum Gasteiger partial charge on any atom is -0.493 e. The van der Waals surface area contributed by atoms with E-state index in [9.17, 15) is 0 Å². The van der Waals surface area contributed by atoms with Crippen molar-refractivity contribution >= 4 is 13.3 Å². The molecule has 1 heterocycles. The topological polar surface area (TPSA) is 27.7 Å². The number of methoxy groups -OCH3 is 3. The van der Waals surface area contributed by atoms with Crippen molar-refractivity contribution in [1.82, 2.24) is 0 Å². The van der Waals surface area contributed by atoms with Gasteiger partial charge in [0.1, 0.15) is 0 Å². The van der Waals surface area contributed by atoms with Crippen LogP contribution in [0.1, 0.15) is 0 Å². The van der Waals surface area contributed by atoms with E-state index in [4.69, 9.17) is 14.2 Å². The SMILES string of the molecule is COC1=C[PH](C)=CC(OC)=C1OC. The lowest BCUT2D eigenvalue weighted by Gasteiger charge is -2.17. The lowest BCUT2D eigenvalue weighted by molar-refractivity contribution is 0.195. The predicted molar refractivity (Wildman–Crippen MR) is 56.4 cm³/mol. The van der Waals surface area contributed by atoms with Gasteiger partial charge >= 0.3 is 0 Å². The summed E-state index contributed by atoms with van der Waals surface area (Å²) in [5, 5.41) is 0. The molecule has 0 bridgehead atoms. The first-order chi connectivity index (χ1) is 6.22. The molecule has 4 heteroatoms. The van der Waals surface area contributed by atoms with Crippen molar-refractivity contribution in [2.75, 3.05) is 28.0 Å². The average molecular weight is 202 g/mol. The van der Waals surface area contributed by atoms with Crippen molar-refractivity contribution in [1.29, 1.82) is 0 Å². The van der Waals surface area contributed by atoms with Gasteiger partial charge < -0.3 is 14.2 Å². The number of hydrogen-bond acceptors (Lipinski definition) is 3. The molecule has 0 radical (unpaired) electrons. The van der Waals surface area contributed by atoms with Gasteiger partial charge in [0.25, 0.3) is 0 Å². The van der Waals surface area contributed by atoms with E-state index in [1.807, 2.05) is 0 Å². The molecule has 0 aliphatic carbocycles. The number of allylic oxidation sites excluding steroid dienone is 1. The summed E-state index contributed by atoms with van der Waals surface area (Å²) >= 11 is 0. The molecule has 0 fully saturated rings. The lowest BCUT2D eigenvalue weighted by Crippen LogP contribution is -2.05. The van der Waals surface area contributed by atoms with Crippen LogP contribution >= 0.6 is 7.55 Å². The lowest BCUT2D eigenvalue weighted by atomic mass is 10.3. The highest BCUT2D eigenvalue weighted by Gasteiger charge is 2.16. The summed E-state index contributed by atoms with van der Waals surface area (Å²) < 4.78 is 15.6. The Bertz CT molecular complexity index is 289. The van der Waals surface area contributed by atoms with Crippen LogP contribution in [0.3, 0.4) is 0 Å². The van der Waals surface area contributed by atoms with Crippen molar-refractivity contribution in [3.05, 3.63) is 23.1 Å². The zero-order valence-electron chi connectivity index (χ0n) is 8.38. The standard InChI is InChI=1S/C9H15O3P/c1-10-7-5-13(4)6-8(11-2)9(7)12-3/h5-6,13H,1-4H3. The Hall–Kier alpha value is -0.820. The third-order valence-electron chi connectivity index (χ3n) is 1.81. The summed E-state index contributed by atoms with van der Waals surface area (Å²) in [5.41, 5.74) is 0. The summed E-state index contributed by atoms with van der Waals surface area (Å²) in [5.74, 6) is 6.41. The van der Waals surface area contributed by atoms with E-state index in [0.29, 0.717) is 5.76 Å². The first kappa shape index (κ1) is 10.3. The fourth-order valence-electron chi connectivity index (χ4n) is 1.21. The maximum atomic E-state index is 5.20. The molecule has 0 aromatic carbocycles. The smallest absolute Gasteiger partial charge is 0.203 e. The summed E-state index contributed by atoms with van der Waals surface area (Å²) in [6, 6.07) is 0. The second kappa shape index (κ2) is 4.43. The molecule has 1 aliphatic rings. The molecule has 0 N–H and O–H groups in total. The summed E-state index contributed by atoms with van der Waals surface area (Å²) in [6.07, 6.45) is 0. The molecule has 1 unspecified atom stereocenters. The van der Waals surface area contributed by atoms with Gasteiger partial charge in [-0.3, -0.25) is 0 Å². The molecule has 0 spiro atoms. The first-order valence-corrected chi connectivity index (χ1v) is 6.15. The molecule has 3 nitrogen and oxygen atoms in total. The van der Waals surface area contributed by atoms with Gasteiger partial charge in [0.2, 0.25) is 5.76 Å². The Kier molecular flexibility index (Phi) is 3.49. The largest absolute Gasteiger partial charge is 0.493 e. The highest BCUT2D eigenvalue weighted by atomic mass is 31.1. The fraction of sp³-hybridized carbons (Fsp3) is 0.444. The average Bonchev–Trinajstić information content (AvgIpc) is 2.16. The molecule has 0 aromatic rings. The van der Waals surface area contributed by atoms with Crippen LogP contribution in [0.5, 0.6) is 0 Å². The van der Waals surface area contributed by atoms with E-state index < -0.39 is 7.55 Å². The molecular formula is C9H15O3P. The number of ether oxygens (including phenoxy) is 3. The Morgan fingerprint density at radius 2 is 1.77 bits per heavy atom. The molecule has 1 rings (SSSR count). The molecule has 0 amide bonds. The van der Waals surface area contributed by atoms with E-state index in [1.54, 1.807) is 21.3 Å². The maximum Gasteiger partial charge on any atom is 0.203 e. The van der Waals surface area contributed by atoms with E-state index in [-0.39, 0.29) is 0 Å². The monoisotopic (exact) mass is 202 g/mol. The van der Waals surface area contributed by atoms with Crippen molar-refractivity contribution in [3.8, 4) is 0 Å². The van der Waals surface area contributed by atoms with Crippen molar-refractivity contribution in [2.45, 2.75) is 0 Å². The van der Waals surface area contributed by atoms with Crippen LogP contribution < -0.4 is 0 Å². The minimum absolute atomic E-state index is 0.631. The number of hydrogen-bond donors (Lipinski definition) is 0. The Labute approximate surface area is 79.4 Å². The highest BCUT2D eigenvalue weighted by molar-refractivity contribution is 7.60. The zero-order chi connectivity index (χ0) is 9.84. The quantitative estimate of drug-likeness (QED) is 0.651. The normalized spacial score (nSPS) is 21.8. The van der Waals surface area contributed by atoms with Crippen LogP contribution in [-0.4, -0.2) is 33.8 Å². The van der Waals surface area contributed by atoms with Crippen LogP contribution in [0.2, 0.25) is 0 Å². The van der Waals surface area contributed by atoms with Crippen LogP contribution in [0.15, 0.2) is 23.1 Å². The predicted octanol–water partition coefficient (Wildman–Crippen LogP) is 1.64. The van der Waals surface area contributed by atoms with E-state index in [1.165, 1.54) is 0 Å². The van der Waals surface area contributed by atoms with Gasteiger partial charge in [0, 0.05) is 0 Å². The van der Waals surface area contributed by atoms with Crippen LogP contribution in [0.4, 0.5) is 0 Å². The number of rotatable bonds is 3. The van der Waals surface area contributed by atoms with Crippen LogP contribution in [0, 0.1) is 0 Å². The van der Waals surface area contributed by atoms with Gasteiger partial charge in [0.05, 0.1) is 21.3 Å².